The van der Waals surface area contributed by atoms with E-state index in [1.807, 2.05) is 23.1 Å². The van der Waals surface area contributed by atoms with Gasteiger partial charge >= 0.3 is 6.03 Å². The Morgan fingerprint density at radius 3 is 2.63 bits per heavy atom. The van der Waals surface area contributed by atoms with Gasteiger partial charge in [0.05, 0.1) is 7.11 Å². The van der Waals surface area contributed by atoms with E-state index in [1.54, 1.807) is 19.5 Å². The molecule has 1 aromatic carbocycles. The first kappa shape index (κ1) is 17.8. The molecule has 0 unspecified atom stereocenters. The largest absolute Gasteiger partial charge is 0.497 e. The van der Waals surface area contributed by atoms with Crippen molar-refractivity contribution in [1.29, 1.82) is 0 Å². The molecule has 1 aliphatic carbocycles. The van der Waals surface area contributed by atoms with Gasteiger partial charge in [0.1, 0.15) is 5.75 Å². The summed E-state index contributed by atoms with van der Waals surface area (Å²) in [6, 6.07) is 10.2. The second-order valence-electron chi connectivity index (χ2n) is 7.60. The molecule has 0 spiro atoms. The van der Waals surface area contributed by atoms with Gasteiger partial charge < -0.3 is 15.0 Å². The lowest BCUT2D eigenvalue weighted by atomic mass is 9.78. The average molecular weight is 365 g/mol. The highest BCUT2D eigenvalue weighted by Crippen LogP contribution is 2.36. The Labute approximate surface area is 160 Å². The number of rotatable bonds is 3. The summed E-state index contributed by atoms with van der Waals surface area (Å²) in [7, 11) is 1.68. The van der Waals surface area contributed by atoms with Crippen LogP contribution >= 0.6 is 0 Å². The van der Waals surface area contributed by atoms with Gasteiger partial charge in [-0.05, 0) is 60.6 Å². The average Bonchev–Trinajstić information content (AvgIpc) is 2.73. The summed E-state index contributed by atoms with van der Waals surface area (Å²) in [6.07, 6.45) is 10.6. The quantitative estimate of drug-likeness (QED) is 0.863. The summed E-state index contributed by atoms with van der Waals surface area (Å²) >= 11 is 0. The van der Waals surface area contributed by atoms with Crippen LogP contribution in [0.3, 0.4) is 0 Å². The summed E-state index contributed by atoms with van der Waals surface area (Å²) < 4.78 is 5.39. The number of urea groups is 1. The number of amides is 2. The van der Waals surface area contributed by atoms with Crippen LogP contribution < -0.4 is 10.1 Å². The van der Waals surface area contributed by atoms with Crippen molar-refractivity contribution in [1.82, 2.24) is 9.88 Å². The lowest BCUT2D eigenvalue weighted by Crippen LogP contribution is -2.50. The van der Waals surface area contributed by atoms with Crippen molar-refractivity contribution in [3.8, 4) is 5.75 Å². The molecule has 0 saturated heterocycles. The Balaban J connectivity index is 1.60. The minimum absolute atomic E-state index is 0.0229. The number of anilines is 1. The molecule has 1 aromatic heterocycles. The zero-order valence-corrected chi connectivity index (χ0v) is 15.9. The molecule has 1 aliphatic heterocycles. The number of fused-ring (bicyclic) bond motifs is 1. The van der Waals surface area contributed by atoms with E-state index in [1.165, 1.54) is 43.2 Å². The number of pyridine rings is 1. The summed E-state index contributed by atoms with van der Waals surface area (Å²) in [5, 5.41) is 3.06. The highest BCUT2D eigenvalue weighted by atomic mass is 16.5. The molecule has 2 aliphatic rings. The smallest absolute Gasteiger partial charge is 0.322 e. The van der Waals surface area contributed by atoms with Crippen molar-refractivity contribution in [3.63, 3.8) is 0 Å². The first-order valence-electron chi connectivity index (χ1n) is 9.88. The molecule has 27 heavy (non-hydrogen) atoms. The molecular formula is C22H27N3O2. The van der Waals surface area contributed by atoms with Crippen LogP contribution in [0.1, 0.15) is 43.2 Å². The number of nitrogens with one attached hydrogen (secondary N) is 1. The third-order valence-electron chi connectivity index (χ3n) is 5.97. The topological polar surface area (TPSA) is 54.5 Å². The van der Waals surface area contributed by atoms with Gasteiger partial charge in [0.15, 0.2) is 0 Å². The molecule has 2 amide bonds. The molecule has 1 atom stereocenters. The summed E-state index contributed by atoms with van der Waals surface area (Å²) in [5.41, 5.74) is 3.32. The van der Waals surface area contributed by atoms with Crippen LogP contribution in [0.15, 0.2) is 42.7 Å². The number of benzene rings is 1. The zero-order valence-electron chi connectivity index (χ0n) is 15.9. The predicted molar refractivity (Wildman–Crippen MR) is 106 cm³/mol. The zero-order chi connectivity index (χ0) is 18.6. The number of hydrogen-bond acceptors (Lipinski definition) is 3. The van der Waals surface area contributed by atoms with Crippen LogP contribution in [0, 0.1) is 5.92 Å². The van der Waals surface area contributed by atoms with Gasteiger partial charge in [-0.3, -0.25) is 4.98 Å². The standard InChI is InChI=1S/C22H27N3O2/c1-27-20-8-7-17-14-21(16-5-3-2-4-6-16)25(15-18(17)13-20)22(26)24-19-9-11-23-12-10-19/h7-13,16,21H,2-6,14-15H2,1H3,(H,23,24,26)/t21-/m0/s1. The van der Waals surface area contributed by atoms with Crippen molar-refractivity contribution in [3.05, 3.63) is 53.9 Å². The van der Waals surface area contributed by atoms with E-state index in [0.29, 0.717) is 12.5 Å². The minimum Gasteiger partial charge on any atom is -0.497 e. The fraction of sp³-hybridized carbons (Fsp3) is 0.455. The van der Waals surface area contributed by atoms with Crippen LogP contribution in [0.25, 0.3) is 0 Å². The SMILES string of the molecule is COc1ccc2c(c1)CN(C(=O)Nc1ccncc1)[C@H](C1CCCCC1)C2. The molecular weight excluding hydrogens is 338 g/mol. The highest BCUT2D eigenvalue weighted by Gasteiger charge is 2.35. The molecule has 1 saturated carbocycles. The van der Waals surface area contributed by atoms with Gasteiger partial charge in [-0.2, -0.15) is 0 Å². The number of carbonyl (C=O) groups excluding carboxylic acids is 1. The Hall–Kier alpha value is -2.56. The minimum atomic E-state index is -0.0229. The van der Waals surface area contributed by atoms with Crippen molar-refractivity contribution in [2.24, 2.45) is 5.92 Å². The van der Waals surface area contributed by atoms with Crippen molar-refractivity contribution < 1.29 is 9.53 Å². The van der Waals surface area contributed by atoms with Crippen LogP contribution in [0.4, 0.5) is 10.5 Å². The maximum atomic E-state index is 13.1. The van der Waals surface area contributed by atoms with Gasteiger partial charge in [-0.25, -0.2) is 4.79 Å². The number of hydrogen-bond donors (Lipinski definition) is 1. The number of aromatic nitrogens is 1. The van der Waals surface area contributed by atoms with Crippen LogP contribution in [-0.4, -0.2) is 29.1 Å². The van der Waals surface area contributed by atoms with Crippen LogP contribution in [0.2, 0.25) is 0 Å². The normalized spacial score (nSPS) is 20.0. The predicted octanol–water partition coefficient (Wildman–Crippen LogP) is 4.63. The molecule has 2 aromatic rings. The second-order valence-corrected chi connectivity index (χ2v) is 7.60. The summed E-state index contributed by atoms with van der Waals surface area (Å²) in [4.78, 5) is 19.2. The summed E-state index contributed by atoms with van der Waals surface area (Å²) in [6.45, 7) is 0.630. The van der Waals surface area contributed by atoms with E-state index < -0.39 is 0 Å². The molecule has 0 bridgehead atoms. The third kappa shape index (κ3) is 3.92. The van der Waals surface area contributed by atoms with Crippen LogP contribution in [0.5, 0.6) is 5.75 Å². The van der Waals surface area contributed by atoms with Crippen molar-refractivity contribution in [2.45, 2.75) is 51.1 Å². The monoisotopic (exact) mass is 365 g/mol. The van der Waals surface area contributed by atoms with E-state index in [9.17, 15) is 4.79 Å². The molecule has 2 heterocycles. The molecule has 142 valence electrons. The van der Waals surface area contributed by atoms with E-state index in [-0.39, 0.29) is 12.1 Å². The lowest BCUT2D eigenvalue weighted by molar-refractivity contribution is 0.125. The maximum Gasteiger partial charge on any atom is 0.322 e. The Bertz CT molecular complexity index is 787. The highest BCUT2D eigenvalue weighted by molar-refractivity contribution is 5.89. The Kier molecular flexibility index (Phi) is 5.28. The molecule has 0 radical (unpaired) electrons. The van der Waals surface area contributed by atoms with E-state index in [2.05, 4.69) is 22.4 Å². The first-order valence-corrected chi connectivity index (χ1v) is 9.88. The van der Waals surface area contributed by atoms with Gasteiger partial charge in [0.2, 0.25) is 0 Å². The van der Waals surface area contributed by atoms with Crippen LogP contribution in [-0.2, 0) is 13.0 Å². The number of carbonyl (C=O) groups is 1. The second kappa shape index (κ2) is 7.99. The van der Waals surface area contributed by atoms with Gasteiger partial charge in [0.25, 0.3) is 0 Å². The van der Waals surface area contributed by atoms with Crippen molar-refractivity contribution >= 4 is 11.7 Å². The van der Waals surface area contributed by atoms with E-state index >= 15 is 0 Å². The summed E-state index contributed by atoms with van der Waals surface area (Å²) in [5.74, 6) is 1.43. The van der Waals surface area contributed by atoms with E-state index in [4.69, 9.17) is 4.74 Å². The molecule has 5 nitrogen and oxygen atoms in total. The van der Waals surface area contributed by atoms with Gasteiger partial charge in [0, 0.05) is 30.7 Å². The fourth-order valence-electron chi connectivity index (χ4n) is 4.50. The Morgan fingerprint density at radius 2 is 1.89 bits per heavy atom. The molecule has 1 N–H and O–H groups in total. The molecule has 4 rings (SSSR count). The fourth-order valence-corrected chi connectivity index (χ4v) is 4.50. The van der Waals surface area contributed by atoms with E-state index in [0.717, 1.165) is 17.9 Å². The van der Waals surface area contributed by atoms with Gasteiger partial charge in [-0.15, -0.1) is 0 Å². The molecule has 1 fully saturated rings. The number of methoxy groups -OCH3 is 1. The molecule has 5 heteroatoms. The number of nitrogens with zero attached hydrogens (tertiary/aromatic N) is 2. The lowest BCUT2D eigenvalue weighted by Gasteiger charge is -2.42. The number of ether oxygens (including phenoxy) is 1. The first-order chi connectivity index (χ1) is 13.2. The van der Waals surface area contributed by atoms with Gasteiger partial charge in [-0.1, -0.05) is 25.3 Å². The third-order valence-corrected chi connectivity index (χ3v) is 5.97. The van der Waals surface area contributed by atoms with Crippen molar-refractivity contribution in [2.75, 3.05) is 12.4 Å². The maximum absolute atomic E-state index is 13.1. The Morgan fingerprint density at radius 1 is 1.11 bits per heavy atom.